The van der Waals surface area contributed by atoms with E-state index in [1.807, 2.05) is 6.92 Å². The van der Waals surface area contributed by atoms with Gasteiger partial charge in [0.25, 0.3) is 0 Å². The van der Waals surface area contributed by atoms with Crippen LogP contribution in [0.25, 0.3) is 0 Å². The molecular formula is C24H38N4O. The maximum Gasteiger partial charge on any atom is 0.171 e. The summed E-state index contributed by atoms with van der Waals surface area (Å²) >= 11 is 0. The molecule has 160 valence electrons. The topological polar surface area (TPSA) is 60.7 Å². The van der Waals surface area contributed by atoms with Gasteiger partial charge in [-0.3, -0.25) is 4.79 Å². The van der Waals surface area contributed by atoms with Gasteiger partial charge in [-0.15, -0.1) is 10.2 Å². The minimum atomic E-state index is 0.177. The standard InChI is InChI=1S/C24H38N4O/c1-15-9-11-23(3)17(13-15)5-6-18-19-7-8-21(24(19,4)12-10-20(18)23)22(29)14-28-26-16(2)25-27-28/h15,17-21H,5-14H2,1-4H3/t15?,17?,18?,19?,20?,21-,23?,24?/m1/s1. The second-order valence-electron chi connectivity index (χ2n) is 11.5. The fourth-order valence-corrected chi connectivity index (χ4v) is 8.64. The largest absolute Gasteiger partial charge is 0.297 e. The summed E-state index contributed by atoms with van der Waals surface area (Å²) in [6.07, 6.45) is 12.0. The zero-order valence-electron chi connectivity index (χ0n) is 18.7. The zero-order chi connectivity index (χ0) is 20.4. The Morgan fingerprint density at radius 2 is 1.79 bits per heavy atom. The second kappa shape index (κ2) is 6.88. The van der Waals surface area contributed by atoms with Crippen molar-refractivity contribution in [3.63, 3.8) is 0 Å². The van der Waals surface area contributed by atoms with Crippen LogP contribution in [0.15, 0.2) is 0 Å². The summed E-state index contributed by atoms with van der Waals surface area (Å²) in [7, 11) is 0. The van der Waals surface area contributed by atoms with Crippen LogP contribution in [0.4, 0.5) is 0 Å². The Morgan fingerprint density at radius 1 is 1.03 bits per heavy atom. The van der Waals surface area contributed by atoms with Crippen LogP contribution in [0, 0.1) is 53.3 Å². The Hall–Kier alpha value is -1.26. The summed E-state index contributed by atoms with van der Waals surface area (Å²) in [5.41, 5.74) is 0.736. The van der Waals surface area contributed by atoms with Crippen LogP contribution < -0.4 is 0 Å². The summed E-state index contributed by atoms with van der Waals surface area (Å²) in [4.78, 5) is 14.7. The number of hydrogen-bond donors (Lipinski definition) is 0. The summed E-state index contributed by atoms with van der Waals surface area (Å²) in [5.74, 6) is 5.47. The lowest BCUT2D eigenvalue weighted by atomic mass is 9.44. The van der Waals surface area contributed by atoms with E-state index in [2.05, 4.69) is 36.2 Å². The first-order chi connectivity index (χ1) is 13.8. The average Bonchev–Trinajstić information content (AvgIpc) is 3.24. The number of tetrazole rings is 1. The molecule has 1 heterocycles. The maximum atomic E-state index is 13.2. The Morgan fingerprint density at radius 3 is 2.55 bits per heavy atom. The van der Waals surface area contributed by atoms with Gasteiger partial charge < -0.3 is 0 Å². The molecule has 0 N–H and O–H groups in total. The number of aromatic nitrogens is 4. The van der Waals surface area contributed by atoms with E-state index >= 15 is 0 Å². The minimum Gasteiger partial charge on any atom is -0.297 e. The molecule has 4 saturated carbocycles. The SMILES string of the molecule is Cc1nnn(CC(=O)[C@H]2CCC3C4CCC5CC(C)CCC5(C)C4CCC32C)n1. The summed E-state index contributed by atoms with van der Waals surface area (Å²) in [6, 6.07) is 0. The predicted octanol–water partition coefficient (Wildman–Crippen LogP) is 4.85. The Labute approximate surface area is 175 Å². The molecule has 1 aromatic heterocycles. The molecule has 7 unspecified atom stereocenters. The molecular weight excluding hydrogens is 360 g/mol. The van der Waals surface area contributed by atoms with Gasteiger partial charge >= 0.3 is 0 Å². The smallest absolute Gasteiger partial charge is 0.171 e. The van der Waals surface area contributed by atoms with Crippen LogP contribution in [0.2, 0.25) is 0 Å². The number of fused-ring (bicyclic) bond motifs is 5. The van der Waals surface area contributed by atoms with Gasteiger partial charge in [0, 0.05) is 5.92 Å². The van der Waals surface area contributed by atoms with Crippen LogP contribution in [0.3, 0.4) is 0 Å². The van der Waals surface area contributed by atoms with Gasteiger partial charge in [-0.1, -0.05) is 27.2 Å². The van der Waals surface area contributed by atoms with Crippen molar-refractivity contribution in [2.24, 2.45) is 46.3 Å². The van der Waals surface area contributed by atoms with Crippen LogP contribution in [0.5, 0.6) is 0 Å². The Balaban J connectivity index is 1.35. The number of hydrogen-bond acceptors (Lipinski definition) is 4. The highest BCUT2D eigenvalue weighted by molar-refractivity contribution is 5.81. The number of ketones is 1. The summed E-state index contributed by atoms with van der Waals surface area (Å²) in [5, 5.41) is 12.2. The molecule has 0 spiro atoms. The van der Waals surface area contributed by atoms with E-state index in [1.165, 1.54) is 56.2 Å². The van der Waals surface area contributed by atoms with Crippen molar-refractivity contribution in [1.82, 2.24) is 20.2 Å². The Bertz CT molecular complexity index is 790. The summed E-state index contributed by atoms with van der Waals surface area (Å²) in [6.45, 7) is 9.66. The molecule has 0 amide bonds. The number of Topliss-reactive ketones (excluding diaryl/α,β-unsaturated/α-hetero) is 1. The van der Waals surface area contributed by atoms with Gasteiger partial charge in [-0.25, -0.2) is 0 Å². The van der Waals surface area contributed by atoms with Gasteiger partial charge in [0.15, 0.2) is 11.6 Å². The van der Waals surface area contributed by atoms with Crippen LogP contribution in [-0.2, 0) is 11.3 Å². The lowest BCUT2D eigenvalue weighted by Crippen LogP contribution is -2.53. The van der Waals surface area contributed by atoms with Crippen LogP contribution in [-0.4, -0.2) is 26.0 Å². The van der Waals surface area contributed by atoms with Crippen molar-refractivity contribution in [3.8, 4) is 0 Å². The quantitative estimate of drug-likeness (QED) is 0.730. The van der Waals surface area contributed by atoms with Gasteiger partial charge in [0.1, 0.15) is 6.54 Å². The monoisotopic (exact) mass is 398 g/mol. The van der Waals surface area contributed by atoms with Crippen LogP contribution in [0.1, 0.15) is 84.4 Å². The van der Waals surface area contributed by atoms with E-state index in [-0.39, 0.29) is 11.3 Å². The second-order valence-corrected chi connectivity index (χ2v) is 11.5. The molecule has 29 heavy (non-hydrogen) atoms. The van der Waals surface area contributed by atoms with Crippen LogP contribution >= 0.6 is 0 Å². The minimum absolute atomic E-state index is 0.177. The number of aryl methyl sites for hydroxylation is 1. The highest BCUT2D eigenvalue weighted by Gasteiger charge is 2.60. The van der Waals surface area contributed by atoms with Gasteiger partial charge in [-0.05, 0) is 104 Å². The molecule has 0 aliphatic heterocycles. The summed E-state index contributed by atoms with van der Waals surface area (Å²) < 4.78 is 0. The molecule has 4 fully saturated rings. The lowest BCUT2D eigenvalue weighted by molar-refractivity contribution is -0.137. The first kappa shape index (κ1) is 19.7. The molecule has 4 aliphatic carbocycles. The van der Waals surface area contributed by atoms with Gasteiger partial charge in [0.2, 0.25) is 0 Å². The fourth-order valence-electron chi connectivity index (χ4n) is 8.64. The lowest BCUT2D eigenvalue weighted by Gasteiger charge is -2.61. The maximum absolute atomic E-state index is 13.2. The first-order valence-corrected chi connectivity index (χ1v) is 12.1. The normalized spacial score (nSPS) is 46.6. The number of carbonyl (C=O) groups excluding carboxylic acids is 1. The van der Waals surface area contributed by atoms with E-state index in [4.69, 9.17) is 0 Å². The molecule has 5 rings (SSSR count). The molecule has 5 heteroatoms. The zero-order valence-corrected chi connectivity index (χ0v) is 18.7. The van der Waals surface area contributed by atoms with Crippen molar-refractivity contribution in [2.45, 2.75) is 92.0 Å². The van der Waals surface area contributed by atoms with Gasteiger partial charge in [-0.2, -0.15) is 4.80 Å². The molecule has 5 nitrogen and oxygen atoms in total. The third kappa shape index (κ3) is 3.01. The third-order valence-electron chi connectivity index (χ3n) is 10.2. The van der Waals surface area contributed by atoms with E-state index in [9.17, 15) is 4.79 Å². The number of carbonyl (C=O) groups is 1. The molecule has 4 aliphatic rings. The molecule has 0 radical (unpaired) electrons. The highest BCUT2D eigenvalue weighted by Crippen LogP contribution is 2.67. The van der Waals surface area contributed by atoms with Gasteiger partial charge in [0.05, 0.1) is 0 Å². The van der Waals surface area contributed by atoms with E-state index in [0.717, 1.165) is 36.0 Å². The third-order valence-corrected chi connectivity index (χ3v) is 10.2. The van der Waals surface area contributed by atoms with E-state index in [0.29, 0.717) is 23.6 Å². The fraction of sp³-hybridized carbons (Fsp3) is 0.917. The molecule has 0 aromatic carbocycles. The number of nitrogens with zero attached hydrogens (tertiary/aromatic N) is 4. The van der Waals surface area contributed by atoms with E-state index < -0.39 is 0 Å². The first-order valence-electron chi connectivity index (χ1n) is 12.1. The highest BCUT2D eigenvalue weighted by atomic mass is 16.1. The van der Waals surface area contributed by atoms with Crippen molar-refractivity contribution >= 4 is 5.78 Å². The average molecular weight is 399 g/mol. The number of rotatable bonds is 3. The van der Waals surface area contributed by atoms with Crippen molar-refractivity contribution in [1.29, 1.82) is 0 Å². The predicted molar refractivity (Wildman–Crippen MR) is 112 cm³/mol. The van der Waals surface area contributed by atoms with Crippen molar-refractivity contribution in [3.05, 3.63) is 5.82 Å². The molecule has 0 saturated heterocycles. The molecule has 8 atom stereocenters. The van der Waals surface area contributed by atoms with Crippen molar-refractivity contribution < 1.29 is 4.79 Å². The Kier molecular flexibility index (Phi) is 4.67. The van der Waals surface area contributed by atoms with E-state index in [1.54, 1.807) is 0 Å². The van der Waals surface area contributed by atoms with Crippen molar-refractivity contribution in [2.75, 3.05) is 0 Å². The molecule has 1 aromatic rings. The molecule has 0 bridgehead atoms.